The molecule has 0 saturated heterocycles. The maximum absolute atomic E-state index is 5.51. The molecule has 45 heavy (non-hydrogen) atoms. The number of hydrogen-bond donors (Lipinski definition) is 2. The smallest absolute Gasteiger partial charge is 0.250 e. The fourth-order valence-corrected chi connectivity index (χ4v) is 4.36. The van der Waals surface area contributed by atoms with Gasteiger partial charge in [0.15, 0.2) is 11.5 Å². The van der Waals surface area contributed by atoms with Crippen LogP contribution in [0.25, 0.3) is 0 Å². The molecule has 0 aliphatic heterocycles. The standard InChI is InChI=1S/C33H32N8O4/c1-42-27-19-18-23(29(20-27)44-3)21-34-39-31-36-32(40-35-22-24-12-11-17-28(43-2)30(24)45-4)38-33(37-31)41(25-13-7-5-8-14-25)26-15-9-6-10-16-26/h5-22H,1-4H3,(H2,36,37,38,39,40)/b34-21-,35-22-. The zero-order valence-corrected chi connectivity index (χ0v) is 25.2. The van der Waals surface area contributed by atoms with Gasteiger partial charge in [-0.2, -0.15) is 25.2 Å². The largest absolute Gasteiger partial charge is 0.497 e. The summed E-state index contributed by atoms with van der Waals surface area (Å²) in [6, 6.07) is 30.5. The lowest BCUT2D eigenvalue weighted by Crippen LogP contribution is -2.16. The van der Waals surface area contributed by atoms with Crippen LogP contribution in [0.3, 0.4) is 0 Å². The topological polar surface area (TPSA) is 128 Å². The Morgan fingerprint density at radius 2 is 1.18 bits per heavy atom. The van der Waals surface area contributed by atoms with E-state index in [1.54, 1.807) is 46.9 Å². The molecule has 228 valence electrons. The monoisotopic (exact) mass is 604 g/mol. The molecule has 0 aliphatic rings. The summed E-state index contributed by atoms with van der Waals surface area (Å²) < 4.78 is 21.7. The summed E-state index contributed by atoms with van der Waals surface area (Å²) in [5.74, 6) is 3.09. The lowest BCUT2D eigenvalue weighted by Gasteiger charge is -2.23. The molecule has 0 fully saturated rings. The molecule has 1 heterocycles. The van der Waals surface area contributed by atoms with Crippen LogP contribution in [0.5, 0.6) is 23.0 Å². The van der Waals surface area contributed by atoms with E-state index >= 15 is 0 Å². The highest BCUT2D eigenvalue weighted by molar-refractivity contribution is 5.86. The first-order chi connectivity index (χ1) is 22.1. The van der Waals surface area contributed by atoms with Crippen molar-refractivity contribution in [3.8, 4) is 23.0 Å². The van der Waals surface area contributed by atoms with Crippen molar-refractivity contribution < 1.29 is 18.9 Å². The van der Waals surface area contributed by atoms with Gasteiger partial charge in [-0.3, -0.25) is 4.90 Å². The van der Waals surface area contributed by atoms with Gasteiger partial charge in [-0.05, 0) is 48.5 Å². The number of rotatable bonds is 13. The van der Waals surface area contributed by atoms with Gasteiger partial charge in [0.25, 0.3) is 0 Å². The summed E-state index contributed by atoms with van der Waals surface area (Å²) in [4.78, 5) is 15.8. The van der Waals surface area contributed by atoms with Crippen molar-refractivity contribution in [2.75, 3.05) is 44.2 Å². The quantitative estimate of drug-likeness (QED) is 0.117. The van der Waals surface area contributed by atoms with Crippen LogP contribution < -0.4 is 34.7 Å². The number of nitrogens with one attached hydrogen (secondary N) is 2. The molecular weight excluding hydrogens is 572 g/mol. The van der Waals surface area contributed by atoms with Gasteiger partial charge in [0.05, 0.1) is 40.9 Å². The summed E-state index contributed by atoms with van der Waals surface area (Å²) in [6.45, 7) is 0. The van der Waals surface area contributed by atoms with E-state index in [1.165, 1.54) is 0 Å². The van der Waals surface area contributed by atoms with Crippen molar-refractivity contribution in [1.82, 2.24) is 15.0 Å². The van der Waals surface area contributed by atoms with E-state index < -0.39 is 0 Å². The van der Waals surface area contributed by atoms with E-state index in [2.05, 4.69) is 26.0 Å². The predicted octanol–water partition coefficient (Wildman–Crippen LogP) is 6.27. The first-order valence-electron chi connectivity index (χ1n) is 13.8. The summed E-state index contributed by atoms with van der Waals surface area (Å²) in [5, 5.41) is 8.74. The van der Waals surface area contributed by atoms with Gasteiger partial charge in [-0.1, -0.05) is 42.5 Å². The Labute approximate surface area is 261 Å². The maximum atomic E-state index is 5.51. The SMILES string of the molecule is COc1ccc(/C=N\Nc2nc(N/N=C\c3cccc(OC)c3OC)nc(N(c3ccccc3)c3ccccc3)n2)c(OC)c1. The van der Waals surface area contributed by atoms with Crippen molar-refractivity contribution in [1.29, 1.82) is 0 Å². The number of para-hydroxylation sites is 3. The first kappa shape index (κ1) is 30.3. The molecule has 0 saturated carbocycles. The minimum absolute atomic E-state index is 0.176. The molecule has 0 bridgehead atoms. The summed E-state index contributed by atoms with van der Waals surface area (Å²) >= 11 is 0. The van der Waals surface area contributed by atoms with E-state index in [4.69, 9.17) is 28.9 Å². The molecule has 4 aromatic carbocycles. The lowest BCUT2D eigenvalue weighted by atomic mass is 10.2. The van der Waals surface area contributed by atoms with Gasteiger partial charge >= 0.3 is 0 Å². The van der Waals surface area contributed by atoms with Crippen molar-refractivity contribution in [2.45, 2.75) is 0 Å². The third-order valence-electron chi connectivity index (χ3n) is 6.46. The second kappa shape index (κ2) is 14.8. The van der Waals surface area contributed by atoms with Gasteiger partial charge in [0.2, 0.25) is 17.8 Å². The van der Waals surface area contributed by atoms with Crippen molar-refractivity contribution in [3.63, 3.8) is 0 Å². The molecule has 0 amide bonds. The fourth-order valence-electron chi connectivity index (χ4n) is 4.36. The zero-order valence-electron chi connectivity index (χ0n) is 25.2. The normalized spacial score (nSPS) is 10.9. The average molecular weight is 605 g/mol. The number of aromatic nitrogens is 3. The van der Waals surface area contributed by atoms with Crippen molar-refractivity contribution in [3.05, 3.63) is 108 Å². The first-order valence-corrected chi connectivity index (χ1v) is 13.8. The Hall–Kier alpha value is -6.17. The Bertz CT molecular complexity index is 1730. The highest BCUT2D eigenvalue weighted by Gasteiger charge is 2.18. The summed E-state index contributed by atoms with van der Waals surface area (Å²) in [6.07, 6.45) is 3.20. The van der Waals surface area contributed by atoms with Crippen LogP contribution in [0.2, 0.25) is 0 Å². The van der Waals surface area contributed by atoms with Crippen LogP contribution in [0.4, 0.5) is 29.2 Å². The molecule has 12 nitrogen and oxygen atoms in total. The summed E-state index contributed by atoms with van der Waals surface area (Å²) in [5.41, 5.74) is 8.96. The molecule has 2 N–H and O–H groups in total. The molecule has 5 aromatic rings. The molecule has 1 aromatic heterocycles. The third-order valence-corrected chi connectivity index (χ3v) is 6.46. The number of hydrazone groups is 2. The average Bonchev–Trinajstić information content (AvgIpc) is 3.09. The van der Waals surface area contributed by atoms with E-state index in [0.717, 1.165) is 16.9 Å². The van der Waals surface area contributed by atoms with Crippen LogP contribution in [0, 0.1) is 0 Å². The highest BCUT2D eigenvalue weighted by atomic mass is 16.5. The predicted molar refractivity (Wildman–Crippen MR) is 176 cm³/mol. The van der Waals surface area contributed by atoms with E-state index in [0.29, 0.717) is 34.5 Å². The van der Waals surface area contributed by atoms with Crippen molar-refractivity contribution in [2.24, 2.45) is 10.2 Å². The molecular formula is C33H32N8O4. The van der Waals surface area contributed by atoms with Crippen molar-refractivity contribution >= 4 is 41.6 Å². The minimum Gasteiger partial charge on any atom is -0.497 e. The van der Waals surface area contributed by atoms with Crippen LogP contribution in [-0.2, 0) is 0 Å². The number of nitrogens with zero attached hydrogens (tertiary/aromatic N) is 6. The maximum Gasteiger partial charge on any atom is 0.250 e. The Morgan fingerprint density at radius 3 is 1.73 bits per heavy atom. The Morgan fingerprint density at radius 1 is 0.578 bits per heavy atom. The Kier molecular flexibility index (Phi) is 9.98. The lowest BCUT2D eigenvalue weighted by molar-refractivity contribution is 0.354. The second-order valence-electron chi connectivity index (χ2n) is 9.22. The number of anilines is 5. The molecule has 5 rings (SSSR count). The van der Waals surface area contributed by atoms with E-state index in [9.17, 15) is 0 Å². The van der Waals surface area contributed by atoms with Gasteiger partial charge in [-0.15, -0.1) is 0 Å². The van der Waals surface area contributed by atoms with E-state index in [-0.39, 0.29) is 11.9 Å². The Balaban J connectivity index is 1.51. The molecule has 12 heteroatoms. The van der Waals surface area contributed by atoms with Crippen LogP contribution in [0.15, 0.2) is 107 Å². The van der Waals surface area contributed by atoms with Crippen LogP contribution in [0.1, 0.15) is 11.1 Å². The number of hydrogen-bond acceptors (Lipinski definition) is 12. The molecule has 0 aliphatic carbocycles. The van der Waals surface area contributed by atoms with Gasteiger partial charge in [0.1, 0.15) is 11.5 Å². The molecule has 0 spiro atoms. The molecule has 0 unspecified atom stereocenters. The fraction of sp³-hybridized carbons (Fsp3) is 0.121. The van der Waals surface area contributed by atoms with Gasteiger partial charge in [-0.25, -0.2) is 10.9 Å². The third kappa shape index (κ3) is 7.43. The number of methoxy groups -OCH3 is 4. The minimum atomic E-state index is 0.176. The van der Waals surface area contributed by atoms with Crippen LogP contribution in [-0.4, -0.2) is 55.8 Å². The second-order valence-corrected chi connectivity index (χ2v) is 9.22. The molecule has 0 radical (unpaired) electrons. The van der Waals surface area contributed by atoms with Gasteiger partial charge in [0, 0.05) is 28.6 Å². The molecule has 0 atom stereocenters. The highest BCUT2D eigenvalue weighted by Crippen LogP contribution is 2.33. The number of benzene rings is 4. The van der Waals surface area contributed by atoms with Crippen LogP contribution >= 0.6 is 0 Å². The van der Waals surface area contributed by atoms with Gasteiger partial charge < -0.3 is 18.9 Å². The number of ether oxygens (including phenoxy) is 4. The zero-order chi connectivity index (χ0) is 31.4. The summed E-state index contributed by atoms with van der Waals surface area (Å²) in [7, 11) is 6.33. The van der Waals surface area contributed by atoms with E-state index in [1.807, 2.05) is 95.9 Å².